The summed E-state index contributed by atoms with van der Waals surface area (Å²) in [4.78, 5) is 6.70. The molecule has 2 aliphatic rings. The van der Waals surface area contributed by atoms with Crippen LogP contribution in [0, 0.1) is 5.41 Å². The number of guanidine groups is 1. The molecule has 20 heavy (non-hydrogen) atoms. The maximum Gasteiger partial charge on any atom is 0.198 e. The van der Waals surface area contributed by atoms with E-state index in [1.54, 1.807) is 0 Å². The molecule has 1 aromatic rings. The number of ether oxygens (including phenoxy) is 1. The molecule has 3 rings (SSSR count). The summed E-state index contributed by atoms with van der Waals surface area (Å²) in [5.41, 5.74) is 2.95. The highest BCUT2D eigenvalue weighted by Gasteiger charge is 2.34. The molecule has 2 heterocycles. The second kappa shape index (κ2) is 6.30. The minimum absolute atomic E-state index is 0. The van der Waals surface area contributed by atoms with E-state index < -0.39 is 0 Å². The number of nitrogens with zero attached hydrogens (tertiary/aromatic N) is 2. The van der Waals surface area contributed by atoms with E-state index in [9.17, 15) is 0 Å². The highest BCUT2D eigenvalue weighted by molar-refractivity contribution is 14.0. The number of fused-ring (bicyclic) bond motifs is 1. The second-order valence-corrected chi connectivity index (χ2v) is 5.73. The van der Waals surface area contributed by atoms with Gasteiger partial charge in [-0.25, -0.2) is 0 Å². The van der Waals surface area contributed by atoms with Crippen molar-refractivity contribution in [3.63, 3.8) is 0 Å². The molecule has 0 aromatic heterocycles. The Bertz CT molecular complexity index is 500. The summed E-state index contributed by atoms with van der Waals surface area (Å²) in [5, 5.41) is 3.49. The fraction of sp³-hybridized carbons (Fsp3) is 0.533. The minimum atomic E-state index is 0. The van der Waals surface area contributed by atoms with Gasteiger partial charge >= 0.3 is 0 Å². The Morgan fingerprint density at radius 2 is 2.15 bits per heavy atom. The largest absolute Gasteiger partial charge is 0.380 e. The van der Waals surface area contributed by atoms with Crippen LogP contribution in [0.1, 0.15) is 12.5 Å². The van der Waals surface area contributed by atoms with Gasteiger partial charge in [-0.1, -0.05) is 25.1 Å². The normalized spacial score (nSPS) is 19.9. The van der Waals surface area contributed by atoms with Crippen LogP contribution in [0.25, 0.3) is 0 Å². The quantitative estimate of drug-likeness (QED) is 0.481. The maximum absolute atomic E-state index is 5.29. The van der Waals surface area contributed by atoms with Crippen molar-refractivity contribution in [3.8, 4) is 0 Å². The predicted octanol–water partition coefficient (Wildman–Crippen LogP) is 2.28. The lowest BCUT2D eigenvalue weighted by Gasteiger charge is -2.39. The Hall–Kier alpha value is -0.820. The van der Waals surface area contributed by atoms with E-state index in [1.807, 2.05) is 7.05 Å². The molecule has 4 nitrogen and oxygen atoms in total. The number of para-hydroxylation sites is 1. The van der Waals surface area contributed by atoms with Gasteiger partial charge < -0.3 is 15.0 Å². The van der Waals surface area contributed by atoms with Crippen molar-refractivity contribution in [1.29, 1.82) is 0 Å². The zero-order valence-corrected chi connectivity index (χ0v) is 14.4. The van der Waals surface area contributed by atoms with Crippen molar-refractivity contribution in [2.75, 3.05) is 38.3 Å². The molecule has 0 radical (unpaired) electrons. The molecule has 0 unspecified atom stereocenters. The first-order valence-electron chi connectivity index (χ1n) is 6.86. The summed E-state index contributed by atoms with van der Waals surface area (Å²) in [7, 11) is 1.85. The lowest BCUT2D eigenvalue weighted by Crippen LogP contribution is -2.51. The van der Waals surface area contributed by atoms with E-state index in [1.165, 1.54) is 11.3 Å². The highest BCUT2D eigenvalue weighted by atomic mass is 127. The fourth-order valence-corrected chi connectivity index (χ4v) is 2.70. The molecule has 1 fully saturated rings. The molecule has 0 bridgehead atoms. The average Bonchev–Trinajstić information content (AvgIpc) is 2.82. The SMILES string of the molecule is CN=C(NCC1(C)COC1)N1CCc2ccccc21.I. The number of hydrogen-bond acceptors (Lipinski definition) is 2. The third-order valence-corrected chi connectivity index (χ3v) is 3.93. The van der Waals surface area contributed by atoms with Crippen molar-refractivity contribution in [2.45, 2.75) is 13.3 Å². The standard InChI is InChI=1S/C15H21N3O.HI/c1-15(10-19-11-15)9-17-14(16-2)18-8-7-12-5-3-4-6-13(12)18;/h3-6H,7-11H2,1-2H3,(H,16,17);1H. The van der Waals surface area contributed by atoms with E-state index in [0.29, 0.717) is 0 Å². The van der Waals surface area contributed by atoms with Gasteiger partial charge in [0.05, 0.1) is 13.2 Å². The average molecular weight is 387 g/mol. The van der Waals surface area contributed by atoms with Gasteiger partial charge in [-0.05, 0) is 18.1 Å². The summed E-state index contributed by atoms with van der Waals surface area (Å²) >= 11 is 0. The molecular formula is C15H22IN3O. The maximum atomic E-state index is 5.29. The number of hydrogen-bond donors (Lipinski definition) is 1. The summed E-state index contributed by atoms with van der Waals surface area (Å²) < 4.78 is 5.29. The van der Waals surface area contributed by atoms with Gasteiger partial charge in [0, 0.05) is 31.2 Å². The fourth-order valence-electron chi connectivity index (χ4n) is 2.70. The lowest BCUT2D eigenvalue weighted by molar-refractivity contribution is -0.0970. The highest BCUT2D eigenvalue weighted by Crippen LogP contribution is 2.28. The summed E-state index contributed by atoms with van der Waals surface area (Å²) in [6.07, 6.45) is 1.09. The molecule has 2 aliphatic heterocycles. The van der Waals surface area contributed by atoms with Crippen LogP contribution in [0.15, 0.2) is 29.3 Å². The van der Waals surface area contributed by atoms with E-state index >= 15 is 0 Å². The smallest absolute Gasteiger partial charge is 0.198 e. The first-order valence-corrected chi connectivity index (χ1v) is 6.86. The predicted molar refractivity (Wildman–Crippen MR) is 93.2 cm³/mol. The van der Waals surface area contributed by atoms with Gasteiger partial charge in [-0.15, -0.1) is 24.0 Å². The molecular weight excluding hydrogens is 365 g/mol. The number of benzene rings is 1. The molecule has 0 spiro atoms. The van der Waals surface area contributed by atoms with Gasteiger partial charge in [0.25, 0.3) is 0 Å². The third kappa shape index (κ3) is 2.93. The van der Waals surface area contributed by atoms with Crippen LogP contribution < -0.4 is 10.2 Å². The van der Waals surface area contributed by atoms with Crippen molar-refractivity contribution < 1.29 is 4.74 Å². The van der Waals surface area contributed by atoms with E-state index in [-0.39, 0.29) is 29.4 Å². The molecule has 0 atom stereocenters. The number of rotatable bonds is 2. The molecule has 5 heteroatoms. The Kier molecular flexibility index (Phi) is 4.90. The molecule has 0 aliphatic carbocycles. The molecule has 1 N–H and O–H groups in total. The Labute approximate surface area is 137 Å². The molecule has 110 valence electrons. The van der Waals surface area contributed by atoms with E-state index in [0.717, 1.165) is 38.7 Å². The van der Waals surface area contributed by atoms with Crippen LogP contribution in [0.3, 0.4) is 0 Å². The second-order valence-electron chi connectivity index (χ2n) is 5.73. The van der Waals surface area contributed by atoms with E-state index in [2.05, 4.69) is 46.4 Å². The van der Waals surface area contributed by atoms with Gasteiger partial charge in [0.15, 0.2) is 5.96 Å². The first-order chi connectivity index (χ1) is 9.22. The minimum Gasteiger partial charge on any atom is -0.380 e. The van der Waals surface area contributed by atoms with Crippen LogP contribution in [0.2, 0.25) is 0 Å². The summed E-state index contributed by atoms with van der Waals surface area (Å²) in [5.74, 6) is 0.970. The molecule has 1 saturated heterocycles. The van der Waals surface area contributed by atoms with Gasteiger partial charge in [0.2, 0.25) is 0 Å². The Morgan fingerprint density at radius 3 is 2.80 bits per heavy atom. The monoisotopic (exact) mass is 387 g/mol. The van der Waals surface area contributed by atoms with Gasteiger partial charge in [0.1, 0.15) is 0 Å². The van der Waals surface area contributed by atoms with Crippen LogP contribution in [-0.4, -0.2) is 39.3 Å². The third-order valence-electron chi connectivity index (χ3n) is 3.93. The number of nitrogens with one attached hydrogen (secondary N) is 1. The zero-order valence-electron chi connectivity index (χ0n) is 12.1. The topological polar surface area (TPSA) is 36.9 Å². The first kappa shape index (κ1) is 15.6. The van der Waals surface area contributed by atoms with Crippen LogP contribution in [-0.2, 0) is 11.2 Å². The summed E-state index contributed by atoms with van der Waals surface area (Å²) in [6.45, 7) is 5.85. The molecule has 0 saturated carbocycles. The van der Waals surface area contributed by atoms with Gasteiger partial charge in [-0.3, -0.25) is 4.99 Å². The number of aliphatic imine (C=N–C) groups is 1. The summed E-state index contributed by atoms with van der Waals surface area (Å²) in [6, 6.07) is 8.56. The van der Waals surface area contributed by atoms with E-state index in [4.69, 9.17) is 4.74 Å². The number of halogens is 1. The molecule has 1 aromatic carbocycles. The van der Waals surface area contributed by atoms with Crippen LogP contribution >= 0.6 is 24.0 Å². The Morgan fingerprint density at radius 1 is 1.40 bits per heavy atom. The van der Waals surface area contributed by atoms with Gasteiger partial charge in [-0.2, -0.15) is 0 Å². The lowest BCUT2D eigenvalue weighted by atomic mass is 9.89. The van der Waals surface area contributed by atoms with Crippen LogP contribution in [0.4, 0.5) is 5.69 Å². The van der Waals surface area contributed by atoms with Crippen LogP contribution in [0.5, 0.6) is 0 Å². The molecule has 0 amide bonds. The van der Waals surface area contributed by atoms with Crippen molar-refractivity contribution >= 4 is 35.6 Å². The van der Waals surface area contributed by atoms with Crippen molar-refractivity contribution in [1.82, 2.24) is 5.32 Å². The van der Waals surface area contributed by atoms with Crippen molar-refractivity contribution in [3.05, 3.63) is 29.8 Å². The zero-order chi connectivity index (χ0) is 13.3. The Balaban J connectivity index is 0.00000147. The van der Waals surface area contributed by atoms with Crippen molar-refractivity contribution in [2.24, 2.45) is 10.4 Å². The number of anilines is 1.